The lowest BCUT2D eigenvalue weighted by Gasteiger charge is -2.06. The molecule has 0 bridgehead atoms. The second-order valence-electron chi connectivity index (χ2n) is 3.89. The number of amides is 1. The number of fused-ring (bicyclic) bond motifs is 1. The van der Waals surface area contributed by atoms with Crippen LogP contribution in [0.15, 0.2) is 42.9 Å². The number of anilines is 1. The third kappa shape index (κ3) is 2.15. The van der Waals surface area contributed by atoms with Crippen molar-refractivity contribution in [3.05, 3.63) is 53.6 Å². The van der Waals surface area contributed by atoms with E-state index in [2.05, 4.69) is 20.3 Å². The number of hydrogen-bond acceptors (Lipinski definition) is 3. The number of aromatic amines is 1. The Labute approximate surface area is 113 Å². The van der Waals surface area contributed by atoms with Crippen LogP contribution in [0, 0.1) is 0 Å². The molecule has 0 aliphatic carbocycles. The smallest absolute Gasteiger partial charge is 0.257 e. The molecular weight excluding hydrogens is 264 g/mol. The summed E-state index contributed by atoms with van der Waals surface area (Å²) >= 11 is 5.86. The lowest BCUT2D eigenvalue weighted by molar-refractivity contribution is 0.102. The summed E-state index contributed by atoms with van der Waals surface area (Å²) < 4.78 is 0. The average Bonchev–Trinajstić information content (AvgIpc) is 2.89. The van der Waals surface area contributed by atoms with Crippen LogP contribution in [0.2, 0.25) is 5.15 Å². The quantitative estimate of drug-likeness (QED) is 0.753. The summed E-state index contributed by atoms with van der Waals surface area (Å²) in [7, 11) is 0. The second-order valence-corrected chi connectivity index (χ2v) is 4.25. The van der Waals surface area contributed by atoms with Crippen molar-refractivity contribution < 1.29 is 4.79 Å². The van der Waals surface area contributed by atoms with Crippen LogP contribution >= 0.6 is 11.6 Å². The van der Waals surface area contributed by atoms with Crippen LogP contribution in [-0.2, 0) is 0 Å². The van der Waals surface area contributed by atoms with Gasteiger partial charge >= 0.3 is 0 Å². The highest BCUT2D eigenvalue weighted by Crippen LogP contribution is 2.20. The van der Waals surface area contributed by atoms with E-state index in [0.717, 1.165) is 10.9 Å². The van der Waals surface area contributed by atoms with Gasteiger partial charge in [-0.2, -0.15) is 0 Å². The maximum absolute atomic E-state index is 12.2. The van der Waals surface area contributed by atoms with Crippen molar-refractivity contribution >= 4 is 34.2 Å². The molecule has 5 nitrogen and oxygen atoms in total. The van der Waals surface area contributed by atoms with Gasteiger partial charge in [0.05, 0.1) is 0 Å². The number of rotatable bonds is 2. The van der Waals surface area contributed by atoms with Crippen LogP contribution in [0.5, 0.6) is 0 Å². The molecule has 0 fully saturated rings. The Hall–Kier alpha value is -2.40. The van der Waals surface area contributed by atoms with Crippen molar-refractivity contribution in [1.29, 1.82) is 0 Å². The standard InChI is InChI=1S/C13H9ClN4O/c14-11-12(17-7-6-16-11)18-13(19)9-2-1-3-10-8(9)4-5-15-10/h1-7,15H,(H,17,18,19). The van der Waals surface area contributed by atoms with Gasteiger partial charge in [0, 0.05) is 35.1 Å². The fourth-order valence-electron chi connectivity index (χ4n) is 1.86. The van der Waals surface area contributed by atoms with E-state index in [1.165, 1.54) is 12.4 Å². The van der Waals surface area contributed by atoms with E-state index in [9.17, 15) is 4.79 Å². The predicted octanol–water partition coefficient (Wildman–Crippen LogP) is 2.86. The minimum Gasteiger partial charge on any atom is -0.361 e. The van der Waals surface area contributed by atoms with Gasteiger partial charge in [-0.25, -0.2) is 9.97 Å². The number of nitrogens with one attached hydrogen (secondary N) is 2. The zero-order valence-corrected chi connectivity index (χ0v) is 10.5. The van der Waals surface area contributed by atoms with E-state index in [-0.39, 0.29) is 16.9 Å². The molecule has 0 aliphatic rings. The molecule has 2 aromatic heterocycles. The molecule has 3 rings (SSSR count). The molecule has 0 unspecified atom stereocenters. The molecule has 2 N–H and O–H groups in total. The summed E-state index contributed by atoms with van der Waals surface area (Å²) in [4.78, 5) is 23.1. The molecule has 19 heavy (non-hydrogen) atoms. The summed E-state index contributed by atoms with van der Waals surface area (Å²) in [5, 5.41) is 3.66. The number of halogens is 1. The number of benzene rings is 1. The van der Waals surface area contributed by atoms with Crippen molar-refractivity contribution in [3.63, 3.8) is 0 Å². The van der Waals surface area contributed by atoms with Crippen LogP contribution in [0.4, 0.5) is 5.82 Å². The lowest BCUT2D eigenvalue weighted by Crippen LogP contribution is -2.13. The second kappa shape index (κ2) is 4.70. The first-order valence-electron chi connectivity index (χ1n) is 5.59. The number of H-pyrrole nitrogens is 1. The predicted molar refractivity (Wildman–Crippen MR) is 73.3 cm³/mol. The number of nitrogens with zero attached hydrogens (tertiary/aromatic N) is 2. The van der Waals surface area contributed by atoms with Gasteiger partial charge in [-0.15, -0.1) is 0 Å². The zero-order valence-electron chi connectivity index (χ0n) is 9.72. The molecule has 0 spiro atoms. The van der Waals surface area contributed by atoms with Crippen LogP contribution in [0.3, 0.4) is 0 Å². The summed E-state index contributed by atoms with van der Waals surface area (Å²) in [5.74, 6) is -0.0192. The molecule has 0 saturated carbocycles. The highest BCUT2D eigenvalue weighted by atomic mass is 35.5. The molecular formula is C13H9ClN4O. The van der Waals surface area contributed by atoms with Crippen molar-refractivity contribution in [2.24, 2.45) is 0 Å². The molecule has 94 valence electrons. The molecule has 1 amide bonds. The largest absolute Gasteiger partial charge is 0.361 e. The van der Waals surface area contributed by atoms with Gasteiger partial charge in [0.2, 0.25) is 0 Å². The Morgan fingerprint density at radius 2 is 2.05 bits per heavy atom. The van der Waals surface area contributed by atoms with Gasteiger partial charge in [-0.1, -0.05) is 17.7 Å². The molecule has 0 atom stereocenters. The average molecular weight is 273 g/mol. The van der Waals surface area contributed by atoms with Crippen molar-refractivity contribution in [2.75, 3.05) is 5.32 Å². The van der Waals surface area contributed by atoms with Crippen molar-refractivity contribution in [1.82, 2.24) is 15.0 Å². The first-order chi connectivity index (χ1) is 9.25. The molecule has 0 radical (unpaired) electrons. The van der Waals surface area contributed by atoms with Gasteiger partial charge in [0.25, 0.3) is 5.91 Å². The molecule has 0 saturated heterocycles. The van der Waals surface area contributed by atoms with E-state index in [0.29, 0.717) is 5.56 Å². The molecule has 2 heterocycles. The number of hydrogen-bond donors (Lipinski definition) is 2. The zero-order chi connectivity index (χ0) is 13.2. The van der Waals surface area contributed by atoms with E-state index >= 15 is 0 Å². The van der Waals surface area contributed by atoms with Crippen molar-refractivity contribution in [2.45, 2.75) is 0 Å². The SMILES string of the molecule is O=C(Nc1nccnc1Cl)c1cccc2[nH]ccc12. The van der Waals surface area contributed by atoms with Gasteiger partial charge in [-0.3, -0.25) is 4.79 Å². The Morgan fingerprint density at radius 1 is 1.21 bits per heavy atom. The lowest BCUT2D eigenvalue weighted by atomic mass is 10.1. The summed E-state index contributed by atoms with van der Waals surface area (Å²) in [6.07, 6.45) is 4.72. The summed E-state index contributed by atoms with van der Waals surface area (Å²) in [5.41, 5.74) is 1.46. The number of aromatic nitrogens is 3. The molecule has 3 aromatic rings. The van der Waals surface area contributed by atoms with Crippen molar-refractivity contribution in [3.8, 4) is 0 Å². The van der Waals surface area contributed by atoms with Crippen LogP contribution in [-0.4, -0.2) is 20.9 Å². The van der Waals surface area contributed by atoms with Gasteiger partial charge in [-0.05, 0) is 18.2 Å². The summed E-state index contributed by atoms with van der Waals surface area (Å²) in [6.45, 7) is 0. The molecule has 0 aliphatic heterocycles. The molecule has 6 heteroatoms. The topological polar surface area (TPSA) is 70.7 Å². The van der Waals surface area contributed by atoms with E-state index in [1.54, 1.807) is 12.3 Å². The minimum atomic E-state index is -0.271. The first kappa shape index (κ1) is 11.7. The number of carbonyl (C=O) groups is 1. The Morgan fingerprint density at radius 3 is 2.89 bits per heavy atom. The maximum atomic E-state index is 12.2. The minimum absolute atomic E-state index is 0.164. The fraction of sp³-hybridized carbons (Fsp3) is 0. The Balaban J connectivity index is 1.97. The highest BCUT2D eigenvalue weighted by Gasteiger charge is 2.13. The normalized spacial score (nSPS) is 10.6. The van der Waals surface area contributed by atoms with Crippen LogP contribution < -0.4 is 5.32 Å². The maximum Gasteiger partial charge on any atom is 0.257 e. The van der Waals surface area contributed by atoms with E-state index < -0.39 is 0 Å². The number of carbonyl (C=O) groups excluding carboxylic acids is 1. The van der Waals surface area contributed by atoms with Gasteiger partial charge in [0.15, 0.2) is 11.0 Å². The molecule has 1 aromatic carbocycles. The Bertz CT molecular complexity index is 753. The van der Waals surface area contributed by atoms with Crippen LogP contribution in [0.1, 0.15) is 10.4 Å². The fourth-order valence-corrected chi connectivity index (χ4v) is 2.02. The Kier molecular flexibility index (Phi) is 2.89. The third-order valence-electron chi connectivity index (χ3n) is 2.73. The summed E-state index contributed by atoms with van der Waals surface area (Å²) in [6, 6.07) is 7.31. The highest BCUT2D eigenvalue weighted by molar-refractivity contribution is 6.32. The van der Waals surface area contributed by atoms with Gasteiger partial charge in [0.1, 0.15) is 0 Å². The van der Waals surface area contributed by atoms with Crippen LogP contribution in [0.25, 0.3) is 10.9 Å². The van der Waals surface area contributed by atoms with Gasteiger partial charge < -0.3 is 10.3 Å². The first-order valence-corrected chi connectivity index (χ1v) is 5.97. The third-order valence-corrected chi connectivity index (χ3v) is 3.00. The van der Waals surface area contributed by atoms with E-state index in [1.807, 2.05) is 18.2 Å². The van der Waals surface area contributed by atoms with E-state index in [4.69, 9.17) is 11.6 Å². The monoisotopic (exact) mass is 272 g/mol.